The molecule has 0 bridgehead atoms. The number of benzene rings is 1. The first-order chi connectivity index (χ1) is 9.52. The molecule has 20 heavy (non-hydrogen) atoms. The smallest absolute Gasteiger partial charge is 0.246 e. The number of para-hydroxylation sites is 1. The number of fused-ring (bicyclic) bond motifs is 1. The monoisotopic (exact) mass is 274 g/mol. The first-order valence-electron chi connectivity index (χ1n) is 7.21. The van der Waals surface area contributed by atoms with Crippen LogP contribution in [-0.2, 0) is 16.1 Å². The van der Waals surface area contributed by atoms with Gasteiger partial charge in [0.15, 0.2) is 0 Å². The number of hydrogen-bond acceptors (Lipinski definition) is 2. The number of nitrogens with one attached hydrogen (secondary N) is 1. The van der Waals surface area contributed by atoms with E-state index >= 15 is 0 Å². The maximum atomic E-state index is 12.4. The third-order valence-corrected chi connectivity index (χ3v) is 4.00. The molecule has 0 aliphatic carbocycles. The molecule has 0 aromatic heterocycles. The van der Waals surface area contributed by atoms with E-state index in [4.69, 9.17) is 0 Å². The lowest BCUT2D eigenvalue weighted by Gasteiger charge is -2.27. The van der Waals surface area contributed by atoms with Crippen molar-refractivity contribution in [1.29, 1.82) is 0 Å². The highest BCUT2D eigenvalue weighted by Crippen LogP contribution is 2.24. The summed E-state index contributed by atoms with van der Waals surface area (Å²) in [6, 6.07) is 7.22. The average molecular weight is 274 g/mol. The van der Waals surface area contributed by atoms with Gasteiger partial charge in [0.25, 0.3) is 0 Å². The Hall–Kier alpha value is -1.84. The Morgan fingerprint density at radius 2 is 2.15 bits per heavy atom. The summed E-state index contributed by atoms with van der Waals surface area (Å²) < 4.78 is 0. The van der Waals surface area contributed by atoms with E-state index in [1.807, 2.05) is 24.3 Å². The maximum Gasteiger partial charge on any atom is 0.246 e. The standard InChI is InChI=1S/C16H22N2O2/c1-4-11(2)9-15(19)18-10-13-7-5-6-8-14(13)17-16(20)12(18)3/h5-8,11-12H,4,9-10H2,1-3H3,(H,17,20). The third-order valence-electron chi connectivity index (χ3n) is 4.00. The molecule has 2 unspecified atom stereocenters. The second-order valence-electron chi connectivity index (χ2n) is 5.56. The number of rotatable bonds is 3. The molecule has 1 aliphatic heterocycles. The van der Waals surface area contributed by atoms with Gasteiger partial charge in [0.1, 0.15) is 6.04 Å². The molecule has 108 valence electrons. The van der Waals surface area contributed by atoms with Crippen LogP contribution in [0.4, 0.5) is 5.69 Å². The Labute approximate surface area is 120 Å². The summed E-state index contributed by atoms with van der Waals surface area (Å²) in [5.74, 6) is 0.280. The zero-order chi connectivity index (χ0) is 14.7. The molecule has 2 amide bonds. The number of nitrogens with zero attached hydrogens (tertiary/aromatic N) is 1. The van der Waals surface area contributed by atoms with E-state index in [-0.39, 0.29) is 11.8 Å². The molecule has 1 aromatic rings. The van der Waals surface area contributed by atoms with Crippen LogP contribution in [-0.4, -0.2) is 22.8 Å². The predicted molar refractivity (Wildman–Crippen MR) is 79.2 cm³/mol. The van der Waals surface area contributed by atoms with Crippen molar-refractivity contribution >= 4 is 17.5 Å². The highest BCUT2D eigenvalue weighted by Gasteiger charge is 2.30. The van der Waals surface area contributed by atoms with Gasteiger partial charge in [-0.2, -0.15) is 0 Å². The lowest BCUT2D eigenvalue weighted by atomic mass is 10.0. The van der Waals surface area contributed by atoms with Crippen molar-refractivity contribution in [2.45, 2.75) is 46.2 Å². The first-order valence-corrected chi connectivity index (χ1v) is 7.21. The van der Waals surface area contributed by atoms with Crippen LogP contribution in [0.25, 0.3) is 0 Å². The summed E-state index contributed by atoms with van der Waals surface area (Å²) in [6.45, 7) is 6.42. The van der Waals surface area contributed by atoms with Crippen LogP contribution in [0, 0.1) is 5.92 Å². The van der Waals surface area contributed by atoms with Gasteiger partial charge in [-0.25, -0.2) is 0 Å². The van der Waals surface area contributed by atoms with Crippen molar-refractivity contribution < 1.29 is 9.59 Å². The molecule has 0 saturated heterocycles. The minimum absolute atomic E-state index is 0.0544. The fraction of sp³-hybridized carbons (Fsp3) is 0.500. The summed E-state index contributed by atoms with van der Waals surface area (Å²) in [5.41, 5.74) is 1.80. The van der Waals surface area contributed by atoms with Crippen molar-refractivity contribution in [3.63, 3.8) is 0 Å². The predicted octanol–water partition coefficient (Wildman–Crippen LogP) is 2.79. The molecule has 1 N–H and O–H groups in total. The van der Waals surface area contributed by atoms with E-state index in [1.54, 1.807) is 11.8 Å². The fourth-order valence-electron chi connectivity index (χ4n) is 2.34. The molecule has 0 radical (unpaired) electrons. The maximum absolute atomic E-state index is 12.4. The fourth-order valence-corrected chi connectivity index (χ4v) is 2.34. The van der Waals surface area contributed by atoms with E-state index in [0.717, 1.165) is 17.7 Å². The summed E-state index contributed by atoms with van der Waals surface area (Å²) in [6.07, 6.45) is 1.47. The summed E-state index contributed by atoms with van der Waals surface area (Å²) in [5, 5.41) is 2.89. The Morgan fingerprint density at radius 1 is 1.45 bits per heavy atom. The number of hydrogen-bond donors (Lipinski definition) is 1. The van der Waals surface area contributed by atoms with Crippen LogP contribution >= 0.6 is 0 Å². The van der Waals surface area contributed by atoms with Crippen LogP contribution in [0.1, 0.15) is 39.2 Å². The van der Waals surface area contributed by atoms with Crippen LogP contribution in [0.2, 0.25) is 0 Å². The SMILES string of the molecule is CCC(C)CC(=O)N1Cc2ccccc2NC(=O)C1C. The molecule has 0 saturated carbocycles. The highest BCUT2D eigenvalue weighted by molar-refractivity contribution is 5.98. The Kier molecular flexibility index (Phi) is 4.42. The third kappa shape index (κ3) is 3.00. The topological polar surface area (TPSA) is 49.4 Å². The van der Waals surface area contributed by atoms with Gasteiger partial charge in [0, 0.05) is 18.7 Å². The molecule has 4 heteroatoms. The molecule has 0 fully saturated rings. The van der Waals surface area contributed by atoms with Gasteiger partial charge < -0.3 is 10.2 Å². The van der Waals surface area contributed by atoms with Gasteiger partial charge in [-0.15, -0.1) is 0 Å². The number of carbonyl (C=O) groups excluding carboxylic acids is 2. The van der Waals surface area contributed by atoms with Gasteiger partial charge in [0.05, 0.1) is 0 Å². The van der Waals surface area contributed by atoms with Crippen LogP contribution in [0.3, 0.4) is 0 Å². The van der Waals surface area contributed by atoms with Crippen molar-refractivity contribution in [2.24, 2.45) is 5.92 Å². The minimum atomic E-state index is -0.432. The number of anilines is 1. The Morgan fingerprint density at radius 3 is 2.85 bits per heavy atom. The lowest BCUT2D eigenvalue weighted by molar-refractivity contribution is -0.139. The molecule has 0 spiro atoms. The van der Waals surface area contributed by atoms with E-state index in [2.05, 4.69) is 19.2 Å². The zero-order valence-electron chi connectivity index (χ0n) is 12.3. The largest absolute Gasteiger partial charge is 0.327 e. The molecule has 4 nitrogen and oxygen atoms in total. The van der Waals surface area contributed by atoms with E-state index in [0.29, 0.717) is 18.9 Å². The van der Waals surface area contributed by atoms with Crippen molar-refractivity contribution in [3.05, 3.63) is 29.8 Å². The molecule has 1 aliphatic rings. The molecule has 2 rings (SSSR count). The lowest BCUT2D eigenvalue weighted by Crippen LogP contribution is -2.43. The van der Waals surface area contributed by atoms with Gasteiger partial charge in [-0.1, -0.05) is 38.5 Å². The van der Waals surface area contributed by atoms with E-state index < -0.39 is 6.04 Å². The van der Waals surface area contributed by atoms with E-state index in [1.165, 1.54) is 0 Å². The first kappa shape index (κ1) is 14.6. The van der Waals surface area contributed by atoms with Gasteiger partial charge in [0.2, 0.25) is 11.8 Å². The normalized spacial score (nSPS) is 19.9. The molecule has 1 heterocycles. The van der Waals surface area contributed by atoms with E-state index in [9.17, 15) is 9.59 Å². The summed E-state index contributed by atoms with van der Waals surface area (Å²) >= 11 is 0. The minimum Gasteiger partial charge on any atom is -0.327 e. The van der Waals surface area contributed by atoms with Crippen molar-refractivity contribution in [1.82, 2.24) is 4.90 Å². The highest BCUT2D eigenvalue weighted by atomic mass is 16.2. The van der Waals surface area contributed by atoms with Crippen LogP contribution in [0.5, 0.6) is 0 Å². The number of carbonyl (C=O) groups is 2. The second-order valence-corrected chi connectivity index (χ2v) is 5.56. The number of amides is 2. The van der Waals surface area contributed by atoms with Crippen LogP contribution in [0.15, 0.2) is 24.3 Å². The average Bonchev–Trinajstić information content (AvgIpc) is 2.56. The van der Waals surface area contributed by atoms with Crippen LogP contribution < -0.4 is 5.32 Å². The van der Waals surface area contributed by atoms with Crippen molar-refractivity contribution in [2.75, 3.05) is 5.32 Å². The zero-order valence-corrected chi connectivity index (χ0v) is 12.3. The van der Waals surface area contributed by atoms with Gasteiger partial charge in [-0.05, 0) is 24.5 Å². The van der Waals surface area contributed by atoms with Gasteiger partial charge >= 0.3 is 0 Å². The molecular formula is C16H22N2O2. The quantitative estimate of drug-likeness (QED) is 0.921. The molecular weight excluding hydrogens is 252 g/mol. The Balaban J connectivity index is 2.24. The molecule has 1 aromatic carbocycles. The van der Waals surface area contributed by atoms with Gasteiger partial charge in [-0.3, -0.25) is 9.59 Å². The summed E-state index contributed by atoms with van der Waals surface area (Å²) in [4.78, 5) is 26.3. The second kappa shape index (κ2) is 6.07. The summed E-state index contributed by atoms with van der Waals surface area (Å²) in [7, 11) is 0. The van der Waals surface area contributed by atoms with Crippen molar-refractivity contribution in [3.8, 4) is 0 Å². The molecule has 2 atom stereocenters. The Bertz CT molecular complexity index is 513.